The summed E-state index contributed by atoms with van der Waals surface area (Å²) in [6.07, 6.45) is 10.5. The zero-order valence-electron chi connectivity index (χ0n) is 14.6. The number of rotatable bonds is 6. The van der Waals surface area contributed by atoms with Crippen LogP contribution in [0.4, 0.5) is 17.5 Å². The Hall–Kier alpha value is -2.36. The molecule has 3 rings (SSSR count). The van der Waals surface area contributed by atoms with Crippen molar-refractivity contribution in [3.8, 4) is 0 Å². The molecule has 126 valence electrons. The zero-order valence-corrected chi connectivity index (χ0v) is 14.6. The number of para-hydroxylation sites is 1. The molecule has 1 aromatic heterocycles. The van der Waals surface area contributed by atoms with E-state index in [4.69, 9.17) is 0 Å². The third-order valence-electron chi connectivity index (χ3n) is 4.51. The Morgan fingerprint density at radius 1 is 1.08 bits per heavy atom. The predicted molar refractivity (Wildman–Crippen MR) is 101 cm³/mol. The van der Waals surface area contributed by atoms with Crippen molar-refractivity contribution in [3.05, 3.63) is 53.2 Å². The van der Waals surface area contributed by atoms with E-state index in [-0.39, 0.29) is 0 Å². The molecule has 0 radical (unpaired) electrons. The zero-order chi connectivity index (χ0) is 16.8. The van der Waals surface area contributed by atoms with Gasteiger partial charge in [0.2, 0.25) is 5.95 Å². The highest BCUT2D eigenvalue weighted by Gasteiger charge is 2.06. The summed E-state index contributed by atoms with van der Waals surface area (Å²) >= 11 is 0. The molecule has 1 aliphatic rings. The fourth-order valence-electron chi connectivity index (χ4n) is 3.12. The summed E-state index contributed by atoms with van der Waals surface area (Å²) in [6.45, 7) is 5.11. The minimum Gasteiger partial charge on any atom is -0.370 e. The molecular formula is C20H26N4. The number of anilines is 3. The quantitative estimate of drug-likeness (QED) is 0.723. The maximum absolute atomic E-state index is 4.58. The van der Waals surface area contributed by atoms with Crippen LogP contribution in [-0.4, -0.2) is 16.5 Å². The first-order chi connectivity index (χ1) is 11.7. The summed E-state index contributed by atoms with van der Waals surface area (Å²) in [5.41, 5.74) is 5.06. The van der Waals surface area contributed by atoms with Gasteiger partial charge in [-0.3, -0.25) is 0 Å². The lowest BCUT2D eigenvalue weighted by Gasteiger charge is -2.14. The van der Waals surface area contributed by atoms with Crippen LogP contribution in [0.3, 0.4) is 0 Å². The standard InChI is InChI=1S/C20H26N4/c1-15-7-6-8-16(2)19(15)24-20-22-14-12-18(23-20)21-13-11-17-9-4-3-5-10-17/h6-9,12,14H,3-5,10-11,13H2,1-2H3,(H2,21,22,23,24). The maximum atomic E-state index is 4.58. The molecule has 0 saturated carbocycles. The summed E-state index contributed by atoms with van der Waals surface area (Å²) in [5.74, 6) is 1.50. The van der Waals surface area contributed by atoms with E-state index in [2.05, 4.69) is 58.7 Å². The highest BCUT2D eigenvalue weighted by molar-refractivity contribution is 5.63. The van der Waals surface area contributed by atoms with Crippen LogP contribution in [0.15, 0.2) is 42.1 Å². The third-order valence-corrected chi connectivity index (χ3v) is 4.51. The van der Waals surface area contributed by atoms with Crippen molar-refractivity contribution in [1.29, 1.82) is 0 Å². The minimum absolute atomic E-state index is 0.634. The van der Waals surface area contributed by atoms with E-state index >= 15 is 0 Å². The number of hydrogen-bond donors (Lipinski definition) is 2. The molecule has 4 nitrogen and oxygen atoms in total. The van der Waals surface area contributed by atoms with Crippen LogP contribution < -0.4 is 10.6 Å². The van der Waals surface area contributed by atoms with Crippen molar-refractivity contribution in [3.63, 3.8) is 0 Å². The monoisotopic (exact) mass is 322 g/mol. The molecule has 0 saturated heterocycles. The molecule has 0 fully saturated rings. The van der Waals surface area contributed by atoms with E-state index in [1.165, 1.54) is 36.8 Å². The van der Waals surface area contributed by atoms with Gasteiger partial charge in [-0.1, -0.05) is 29.8 Å². The van der Waals surface area contributed by atoms with Crippen LogP contribution in [0.2, 0.25) is 0 Å². The first-order valence-electron chi connectivity index (χ1n) is 8.80. The molecule has 0 aliphatic heterocycles. The van der Waals surface area contributed by atoms with E-state index < -0.39 is 0 Å². The van der Waals surface area contributed by atoms with E-state index in [9.17, 15) is 0 Å². The maximum Gasteiger partial charge on any atom is 0.229 e. The summed E-state index contributed by atoms with van der Waals surface area (Å²) < 4.78 is 0. The Morgan fingerprint density at radius 2 is 1.92 bits per heavy atom. The van der Waals surface area contributed by atoms with E-state index in [1.807, 2.05) is 6.07 Å². The van der Waals surface area contributed by atoms with Crippen molar-refractivity contribution in [1.82, 2.24) is 9.97 Å². The van der Waals surface area contributed by atoms with Crippen molar-refractivity contribution in [2.75, 3.05) is 17.2 Å². The number of benzene rings is 1. The Kier molecular flexibility index (Phi) is 5.47. The van der Waals surface area contributed by atoms with Gasteiger partial charge < -0.3 is 10.6 Å². The molecular weight excluding hydrogens is 296 g/mol. The number of aromatic nitrogens is 2. The first-order valence-corrected chi connectivity index (χ1v) is 8.80. The van der Waals surface area contributed by atoms with Gasteiger partial charge in [0.05, 0.1) is 0 Å². The average Bonchev–Trinajstić information content (AvgIpc) is 2.60. The number of hydrogen-bond acceptors (Lipinski definition) is 4. The molecule has 0 amide bonds. The number of nitrogens with one attached hydrogen (secondary N) is 2. The molecule has 2 aromatic rings. The second kappa shape index (κ2) is 7.95. The highest BCUT2D eigenvalue weighted by atomic mass is 15.1. The molecule has 4 heteroatoms. The molecule has 2 N–H and O–H groups in total. The number of allylic oxidation sites excluding steroid dienone is 1. The molecule has 1 aliphatic carbocycles. The lowest BCUT2D eigenvalue weighted by atomic mass is 9.97. The summed E-state index contributed by atoms with van der Waals surface area (Å²) in [5, 5.41) is 6.76. The van der Waals surface area contributed by atoms with Gasteiger partial charge >= 0.3 is 0 Å². The van der Waals surface area contributed by atoms with Gasteiger partial charge in [0, 0.05) is 18.4 Å². The second-order valence-corrected chi connectivity index (χ2v) is 6.44. The smallest absolute Gasteiger partial charge is 0.229 e. The topological polar surface area (TPSA) is 49.8 Å². The van der Waals surface area contributed by atoms with Crippen LogP contribution in [0.5, 0.6) is 0 Å². The molecule has 0 spiro atoms. The average molecular weight is 322 g/mol. The van der Waals surface area contributed by atoms with Gasteiger partial charge in [0.15, 0.2) is 0 Å². The van der Waals surface area contributed by atoms with Crippen molar-refractivity contribution in [2.24, 2.45) is 0 Å². The number of nitrogens with zero attached hydrogens (tertiary/aromatic N) is 2. The minimum atomic E-state index is 0.634. The van der Waals surface area contributed by atoms with Crippen LogP contribution in [0.1, 0.15) is 43.2 Å². The van der Waals surface area contributed by atoms with Crippen LogP contribution in [0.25, 0.3) is 0 Å². The van der Waals surface area contributed by atoms with E-state index in [0.717, 1.165) is 24.5 Å². The normalized spacial score (nSPS) is 14.2. The summed E-state index contributed by atoms with van der Waals surface area (Å²) in [6, 6.07) is 8.17. The van der Waals surface area contributed by atoms with Gasteiger partial charge in [-0.05, 0) is 63.1 Å². The summed E-state index contributed by atoms with van der Waals surface area (Å²) in [7, 11) is 0. The molecule has 1 heterocycles. The van der Waals surface area contributed by atoms with Gasteiger partial charge in [0.25, 0.3) is 0 Å². The molecule has 0 atom stereocenters. The molecule has 0 bridgehead atoms. The van der Waals surface area contributed by atoms with Gasteiger partial charge in [-0.15, -0.1) is 0 Å². The molecule has 24 heavy (non-hydrogen) atoms. The molecule has 1 aromatic carbocycles. The lowest BCUT2D eigenvalue weighted by Crippen LogP contribution is -2.07. The highest BCUT2D eigenvalue weighted by Crippen LogP contribution is 2.23. The predicted octanol–water partition coefficient (Wildman–Crippen LogP) is 5.14. The van der Waals surface area contributed by atoms with E-state index in [1.54, 1.807) is 11.8 Å². The van der Waals surface area contributed by atoms with Crippen molar-refractivity contribution in [2.45, 2.75) is 46.0 Å². The first kappa shape index (κ1) is 16.5. The third kappa shape index (κ3) is 4.34. The molecule has 0 unspecified atom stereocenters. The largest absolute Gasteiger partial charge is 0.370 e. The van der Waals surface area contributed by atoms with E-state index in [0.29, 0.717) is 5.95 Å². The SMILES string of the molecule is Cc1cccc(C)c1Nc1nccc(NCCC2=CCCCC2)n1. The Bertz CT molecular complexity index is 701. The second-order valence-electron chi connectivity index (χ2n) is 6.44. The van der Waals surface area contributed by atoms with Gasteiger partial charge in [-0.2, -0.15) is 4.98 Å². The summed E-state index contributed by atoms with van der Waals surface area (Å²) in [4.78, 5) is 8.92. The fraction of sp³-hybridized carbons (Fsp3) is 0.400. The number of aryl methyl sites for hydroxylation is 2. The van der Waals surface area contributed by atoms with Crippen LogP contribution >= 0.6 is 0 Å². The van der Waals surface area contributed by atoms with Crippen LogP contribution in [-0.2, 0) is 0 Å². The van der Waals surface area contributed by atoms with Crippen molar-refractivity contribution < 1.29 is 0 Å². The Labute approximate surface area is 144 Å². The Morgan fingerprint density at radius 3 is 2.67 bits per heavy atom. The fourth-order valence-corrected chi connectivity index (χ4v) is 3.12. The van der Waals surface area contributed by atoms with Crippen molar-refractivity contribution >= 4 is 17.5 Å². The van der Waals surface area contributed by atoms with Gasteiger partial charge in [0.1, 0.15) is 5.82 Å². The van der Waals surface area contributed by atoms with Gasteiger partial charge in [-0.25, -0.2) is 4.98 Å². The lowest BCUT2D eigenvalue weighted by molar-refractivity contribution is 0.679. The Balaban J connectivity index is 1.60. The van der Waals surface area contributed by atoms with Crippen LogP contribution in [0, 0.1) is 13.8 Å².